The van der Waals surface area contributed by atoms with Crippen molar-refractivity contribution in [3.63, 3.8) is 0 Å². The Balaban J connectivity index is 1.77. The lowest BCUT2D eigenvalue weighted by Gasteiger charge is -2.51. The fourth-order valence-electron chi connectivity index (χ4n) is 3.97. The van der Waals surface area contributed by atoms with Crippen LogP contribution in [-0.2, 0) is 0 Å². The van der Waals surface area contributed by atoms with Gasteiger partial charge in [0.2, 0.25) is 0 Å². The Kier molecular flexibility index (Phi) is 6.93. The number of urea groups is 1. The third-order valence-corrected chi connectivity index (χ3v) is 5.66. The highest BCUT2D eigenvalue weighted by Gasteiger charge is 2.51. The van der Waals surface area contributed by atoms with E-state index in [1.807, 2.05) is 43.3 Å². The van der Waals surface area contributed by atoms with Gasteiger partial charge in [0, 0.05) is 32.1 Å². The average molecular weight is 421 g/mol. The van der Waals surface area contributed by atoms with Gasteiger partial charge in [0.15, 0.2) is 0 Å². The Hall–Kier alpha value is -3.37. The number of aliphatic hydroxyl groups excluding tert-OH is 1. The average Bonchev–Trinajstić information content (AvgIpc) is 2.77. The van der Waals surface area contributed by atoms with Crippen molar-refractivity contribution in [3.8, 4) is 17.2 Å². The second kappa shape index (κ2) is 9.63. The molecule has 2 aromatic carbocycles. The maximum atomic E-state index is 12.4. The van der Waals surface area contributed by atoms with Crippen LogP contribution in [0.15, 0.2) is 48.5 Å². The quantitative estimate of drug-likeness (QED) is 0.751. The number of hydrogen-bond donors (Lipinski definition) is 2. The Morgan fingerprint density at radius 2 is 1.68 bits per heavy atom. The molecule has 0 saturated carbocycles. The van der Waals surface area contributed by atoms with E-state index in [9.17, 15) is 20.0 Å². The molecule has 7 heteroatoms. The lowest BCUT2D eigenvalue weighted by atomic mass is 9.76. The van der Waals surface area contributed by atoms with E-state index in [4.69, 9.17) is 0 Å². The minimum absolute atomic E-state index is 0.0444. The van der Waals surface area contributed by atoms with Gasteiger partial charge in [0.25, 0.3) is 5.91 Å². The molecule has 2 N–H and O–H groups in total. The van der Waals surface area contributed by atoms with Crippen molar-refractivity contribution >= 4 is 11.9 Å². The molecule has 1 aliphatic heterocycles. The normalized spacial score (nSPS) is 19.8. The largest absolute Gasteiger partial charge is 0.394 e. The van der Waals surface area contributed by atoms with Crippen LogP contribution in [0.2, 0.25) is 0 Å². The van der Waals surface area contributed by atoms with Crippen molar-refractivity contribution < 1.29 is 14.7 Å². The number of amides is 3. The summed E-state index contributed by atoms with van der Waals surface area (Å²) in [5.74, 6) is -0.284. The summed E-state index contributed by atoms with van der Waals surface area (Å²) < 4.78 is 0. The maximum absolute atomic E-state index is 12.4. The lowest BCUT2D eigenvalue weighted by molar-refractivity contribution is 0.0169. The summed E-state index contributed by atoms with van der Waals surface area (Å²) in [4.78, 5) is 27.4. The standard InChI is InChI=1S/C24H28N4O3/c1-4-13-26-24(31)28-20(14-25)22(21(28)15-29)18-9-5-16(6-10-18)17-7-11-19(12-8-17)23(30)27(2)3/h5-12,20-22,29H,4,13,15H2,1-3H3,(H,26,31)/t20-,21+,22-/m1/s1. The second-order valence-corrected chi connectivity index (χ2v) is 7.89. The lowest BCUT2D eigenvalue weighted by Crippen LogP contribution is -2.67. The summed E-state index contributed by atoms with van der Waals surface area (Å²) >= 11 is 0. The summed E-state index contributed by atoms with van der Waals surface area (Å²) in [7, 11) is 3.44. The molecular weight excluding hydrogens is 392 g/mol. The zero-order chi connectivity index (χ0) is 22.5. The maximum Gasteiger partial charge on any atom is 0.318 e. The number of nitrogens with one attached hydrogen (secondary N) is 1. The molecule has 0 spiro atoms. The van der Waals surface area contributed by atoms with Crippen LogP contribution < -0.4 is 5.32 Å². The first kappa shape index (κ1) is 22.3. The van der Waals surface area contributed by atoms with Gasteiger partial charge in [-0.05, 0) is 35.2 Å². The summed E-state index contributed by atoms with van der Waals surface area (Å²) in [6.45, 7) is 2.29. The van der Waals surface area contributed by atoms with Crippen LogP contribution in [0.25, 0.3) is 11.1 Å². The van der Waals surface area contributed by atoms with Gasteiger partial charge in [-0.15, -0.1) is 0 Å². The first-order valence-corrected chi connectivity index (χ1v) is 10.4. The molecular formula is C24H28N4O3. The van der Waals surface area contributed by atoms with Crippen molar-refractivity contribution in [3.05, 3.63) is 59.7 Å². The fraction of sp³-hybridized carbons (Fsp3) is 0.375. The SMILES string of the molecule is CCCNC(=O)N1[C@H](C#N)[C@@H](c2ccc(-c3ccc(C(=O)N(C)C)cc3)cc2)[C@@H]1CO. The number of carbonyl (C=O) groups is 2. The highest BCUT2D eigenvalue weighted by molar-refractivity contribution is 5.94. The first-order valence-electron chi connectivity index (χ1n) is 10.4. The highest BCUT2D eigenvalue weighted by Crippen LogP contribution is 2.40. The predicted octanol–water partition coefficient (Wildman–Crippen LogP) is 2.83. The van der Waals surface area contributed by atoms with Crippen LogP contribution in [0.4, 0.5) is 4.79 Å². The molecule has 0 aliphatic carbocycles. The molecule has 31 heavy (non-hydrogen) atoms. The number of carbonyl (C=O) groups excluding carboxylic acids is 2. The highest BCUT2D eigenvalue weighted by atomic mass is 16.3. The molecule has 1 heterocycles. The number of hydrogen-bond acceptors (Lipinski definition) is 4. The summed E-state index contributed by atoms with van der Waals surface area (Å²) in [5, 5.41) is 22.3. The number of aliphatic hydroxyl groups is 1. The molecule has 2 aromatic rings. The van der Waals surface area contributed by atoms with Crippen LogP contribution in [0.3, 0.4) is 0 Å². The second-order valence-electron chi connectivity index (χ2n) is 7.89. The van der Waals surface area contributed by atoms with Crippen LogP contribution in [-0.4, -0.2) is 66.2 Å². The van der Waals surface area contributed by atoms with Gasteiger partial charge < -0.3 is 20.2 Å². The molecule has 3 amide bonds. The third kappa shape index (κ3) is 4.39. The smallest absolute Gasteiger partial charge is 0.318 e. The van der Waals surface area contributed by atoms with E-state index in [1.54, 1.807) is 26.2 Å². The monoisotopic (exact) mass is 420 g/mol. The van der Waals surface area contributed by atoms with Crippen molar-refractivity contribution in [2.75, 3.05) is 27.2 Å². The number of rotatable bonds is 6. The Morgan fingerprint density at radius 3 is 2.16 bits per heavy atom. The Bertz CT molecular complexity index is 964. The summed E-state index contributed by atoms with van der Waals surface area (Å²) in [6, 6.07) is 16.1. The van der Waals surface area contributed by atoms with Gasteiger partial charge >= 0.3 is 6.03 Å². The molecule has 1 fully saturated rings. The molecule has 7 nitrogen and oxygen atoms in total. The predicted molar refractivity (Wildman–Crippen MR) is 118 cm³/mol. The molecule has 0 radical (unpaired) electrons. The summed E-state index contributed by atoms with van der Waals surface area (Å²) in [5.41, 5.74) is 3.50. The number of nitriles is 1. The van der Waals surface area contributed by atoms with Crippen molar-refractivity contribution in [2.45, 2.75) is 31.3 Å². The van der Waals surface area contributed by atoms with Crippen LogP contribution in [0.5, 0.6) is 0 Å². The molecule has 1 saturated heterocycles. The molecule has 162 valence electrons. The fourth-order valence-corrected chi connectivity index (χ4v) is 3.97. The third-order valence-electron chi connectivity index (χ3n) is 5.66. The van der Waals surface area contributed by atoms with E-state index in [0.29, 0.717) is 12.1 Å². The van der Waals surface area contributed by atoms with Gasteiger partial charge in [-0.2, -0.15) is 5.26 Å². The van der Waals surface area contributed by atoms with Crippen LogP contribution in [0, 0.1) is 11.3 Å². The summed E-state index contributed by atoms with van der Waals surface area (Å²) in [6.07, 6.45) is 0.801. The van der Waals surface area contributed by atoms with E-state index in [2.05, 4.69) is 11.4 Å². The van der Waals surface area contributed by atoms with Gasteiger partial charge in [0.05, 0.1) is 18.7 Å². The molecule has 0 bridgehead atoms. The molecule has 1 aliphatic rings. The van der Waals surface area contributed by atoms with Crippen molar-refractivity contribution in [1.82, 2.24) is 15.1 Å². The molecule has 0 unspecified atom stereocenters. The van der Waals surface area contributed by atoms with E-state index in [-0.39, 0.29) is 24.5 Å². The van der Waals surface area contributed by atoms with Crippen molar-refractivity contribution in [2.24, 2.45) is 0 Å². The minimum atomic E-state index is -0.615. The topological polar surface area (TPSA) is 96.7 Å². The van der Waals surface area contributed by atoms with E-state index in [0.717, 1.165) is 23.1 Å². The van der Waals surface area contributed by atoms with Crippen LogP contribution in [0.1, 0.15) is 35.2 Å². The van der Waals surface area contributed by atoms with Crippen LogP contribution >= 0.6 is 0 Å². The number of nitrogens with zero attached hydrogens (tertiary/aromatic N) is 3. The van der Waals surface area contributed by atoms with E-state index in [1.165, 1.54) is 9.80 Å². The molecule has 3 rings (SSSR count). The van der Waals surface area contributed by atoms with Gasteiger partial charge in [-0.3, -0.25) is 4.79 Å². The minimum Gasteiger partial charge on any atom is -0.394 e. The zero-order valence-corrected chi connectivity index (χ0v) is 18.1. The number of benzene rings is 2. The first-order chi connectivity index (χ1) is 14.9. The van der Waals surface area contributed by atoms with Gasteiger partial charge in [0.1, 0.15) is 6.04 Å². The Morgan fingerprint density at radius 1 is 1.10 bits per heavy atom. The molecule has 0 aromatic heterocycles. The van der Waals surface area contributed by atoms with E-state index < -0.39 is 12.1 Å². The Labute approximate surface area is 182 Å². The van der Waals surface area contributed by atoms with Gasteiger partial charge in [-0.1, -0.05) is 43.3 Å². The number of likely N-dealkylation sites (tertiary alicyclic amines) is 1. The van der Waals surface area contributed by atoms with Gasteiger partial charge in [-0.25, -0.2) is 4.79 Å². The van der Waals surface area contributed by atoms with E-state index >= 15 is 0 Å². The molecule has 3 atom stereocenters. The van der Waals surface area contributed by atoms with Crippen molar-refractivity contribution in [1.29, 1.82) is 5.26 Å². The zero-order valence-electron chi connectivity index (χ0n) is 18.1.